The Morgan fingerprint density at radius 2 is 2.29 bits per heavy atom. The molecule has 1 fully saturated rings. The largest absolute Gasteiger partial charge is 0.485 e. The predicted octanol–water partition coefficient (Wildman–Crippen LogP) is 2.87. The molecule has 2 heterocycles. The molecule has 0 radical (unpaired) electrons. The van der Waals surface area contributed by atoms with Gasteiger partial charge in [0, 0.05) is 24.4 Å². The molecule has 2 aromatic rings. The molecule has 0 amide bonds. The van der Waals surface area contributed by atoms with Crippen molar-refractivity contribution in [1.82, 2.24) is 10.3 Å². The number of aromatic nitrogens is 1. The molecule has 0 spiro atoms. The molecule has 6 nitrogen and oxygen atoms in total. The van der Waals surface area contributed by atoms with E-state index in [1.54, 1.807) is 0 Å². The lowest BCUT2D eigenvalue weighted by Gasteiger charge is -2.25. The lowest BCUT2D eigenvalue weighted by Crippen LogP contribution is -2.34. The Hall–Kier alpha value is -1.42. The Morgan fingerprint density at radius 1 is 1.50 bits per heavy atom. The van der Waals surface area contributed by atoms with E-state index >= 15 is 0 Å². The van der Waals surface area contributed by atoms with E-state index in [0.717, 1.165) is 25.1 Å². The van der Waals surface area contributed by atoms with Crippen LogP contribution in [-0.2, 0) is 10.0 Å². The van der Waals surface area contributed by atoms with Crippen molar-refractivity contribution in [3.8, 4) is 5.75 Å². The zero-order chi connectivity index (χ0) is 17.4. The number of ether oxygens (including phenoxy) is 1. The predicted molar refractivity (Wildman–Crippen MR) is 90.9 cm³/mol. The van der Waals surface area contributed by atoms with Crippen molar-refractivity contribution in [3.63, 3.8) is 0 Å². The smallest absolute Gasteiger partial charge is 0.266 e. The maximum absolute atomic E-state index is 14.4. The van der Waals surface area contributed by atoms with Gasteiger partial charge in [-0.05, 0) is 19.5 Å². The summed E-state index contributed by atoms with van der Waals surface area (Å²) in [7, 11) is -4.13. The van der Waals surface area contributed by atoms with Gasteiger partial charge in [0.25, 0.3) is 10.0 Å². The minimum absolute atomic E-state index is 0.0307. The summed E-state index contributed by atoms with van der Waals surface area (Å²) >= 11 is 7.33. The van der Waals surface area contributed by atoms with E-state index in [4.69, 9.17) is 16.3 Å². The maximum Gasteiger partial charge on any atom is 0.266 e. The van der Waals surface area contributed by atoms with E-state index in [-0.39, 0.29) is 16.6 Å². The molecule has 1 aromatic heterocycles. The highest BCUT2D eigenvalue weighted by molar-refractivity contribution is 7.92. The zero-order valence-corrected chi connectivity index (χ0v) is 15.1. The van der Waals surface area contributed by atoms with E-state index in [1.807, 2.05) is 6.92 Å². The fraction of sp³-hybridized carbons (Fsp3) is 0.357. The van der Waals surface area contributed by atoms with Crippen LogP contribution in [0.5, 0.6) is 5.75 Å². The molecule has 2 N–H and O–H groups in total. The summed E-state index contributed by atoms with van der Waals surface area (Å²) in [4.78, 5) is 3.26. The van der Waals surface area contributed by atoms with Crippen molar-refractivity contribution >= 4 is 38.8 Å². The highest BCUT2D eigenvalue weighted by Crippen LogP contribution is 2.34. The summed E-state index contributed by atoms with van der Waals surface area (Å²) in [6.45, 7) is 3.28. The second-order valence-corrected chi connectivity index (χ2v) is 8.45. The first-order chi connectivity index (χ1) is 11.3. The number of benzene rings is 1. The summed E-state index contributed by atoms with van der Waals surface area (Å²) in [5.74, 6) is -0.694. The van der Waals surface area contributed by atoms with E-state index in [9.17, 15) is 12.8 Å². The van der Waals surface area contributed by atoms with Crippen LogP contribution in [0.15, 0.2) is 27.9 Å². The van der Waals surface area contributed by atoms with Crippen molar-refractivity contribution in [2.45, 2.75) is 23.8 Å². The van der Waals surface area contributed by atoms with Gasteiger partial charge in [-0.2, -0.15) is 0 Å². The first kappa shape index (κ1) is 17.4. The molecule has 1 saturated heterocycles. The third-order valence-corrected chi connectivity index (χ3v) is 5.88. The van der Waals surface area contributed by atoms with Gasteiger partial charge >= 0.3 is 0 Å². The van der Waals surface area contributed by atoms with Crippen molar-refractivity contribution in [3.05, 3.63) is 33.9 Å². The first-order valence-corrected chi connectivity index (χ1v) is 9.89. The first-order valence-electron chi connectivity index (χ1n) is 7.09. The molecule has 1 aliphatic heterocycles. The number of hydrogen-bond acceptors (Lipinski definition) is 6. The molecule has 1 aliphatic rings. The molecule has 0 bridgehead atoms. The summed E-state index contributed by atoms with van der Waals surface area (Å²) in [6.07, 6.45) is 0.746. The number of sulfonamides is 1. The summed E-state index contributed by atoms with van der Waals surface area (Å²) in [5.41, 5.74) is 0.962. The Morgan fingerprint density at radius 3 is 2.92 bits per heavy atom. The lowest BCUT2D eigenvalue weighted by molar-refractivity contribution is 0.110. The second-order valence-electron chi connectivity index (χ2n) is 5.67. The van der Waals surface area contributed by atoms with E-state index in [2.05, 4.69) is 15.0 Å². The van der Waals surface area contributed by atoms with Crippen LogP contribution in [0, 0.1) is 5.82 Å². The van der Waals surface area contributed by atoms with Gasteiger partial charge in [-0.1, -0.05) is 11.6 Å². The van der Waals surface area contributed by atoms with Crippen molar-refractivity contribution < 1.29 is 17.5 Å². The number of nitrogens with one attached hydrogen (secondary N) is 2. The van der Waals surface area contributed by atoms with Crippen LogP contribution in [0.3, 0.4) is 0 Å². The number of anilines is 1. The van der Waals surface area contributed by atoms with Gasteiger partial charge in [0.1, 0.15) is 22.1 Å². The van der Waals surface area contributed by atoms with E-state index in [0.29, 0.717) is 6.54 Å². The maximum atomic E-state index is 14.4. The fourth-order valence-corrected chi connectivity index (χ4v) is 4.31. The topological polar surface area (TPSA) is 80.3 Å². The van der Waals surface area contributed by atoms with E-state index in [1.165, 1.54) is 22.2 Å². The minimum Gasteiger partial charge on any atom is -0.485 e. The number of halogens is 2. The summed E-state index contributed by atoms with van der Waals surface area (Å²) in [5, 5.41) is 4.69. The Kier molecular flexibility index (Phi) is 4.69. The Labute approximate surface area is 148 Å². The normalized spacial score (nSPS) is 21.0. The summed E-state index contributed by atoms with van der Waals surface area (Å²) < 4.78 is 46.9. The highest BCUT2D eigenvalue weighted by Gasteiger charge is 2.32. The zero-order valence-electron chi connectivity index (χ0n) is 12.7. The van der Waals surface area contributed by atoms with Crippen LogP contribution in [-0.4, -0.2) is 32.1 Å². The van der Waals surface area contributed by atoms with Gasteiger partial charge in [-0.15, -0.1) is 11.3 Å². The molecule has 130 valence electrons. The van der Waals surface area contributed by atoms with Crippen LogP contribution in [0.1, 0.15) is 13.3 Å². The van der Waals surface area contributed by atoms with Crippen molar-refractivity contribution in [2.75, 3.05) is 17.8 Å². The molecular weight excluding hydrogens is 377 g/mol. The molecule has 1 atom stereocenters. The Balaban J connectivity index is 1.89. The number of rotatable bonds is 5. The SMILES string of the molecule is CC1(Oc2cc(F)c(S(=O)(=O)Nc3cscn3)cc2Cl)CCNC1. The van der Waals surface area contributed by atoms with E-state index < -0.39 is 26.3 Å². The molecule has 10 heteroatoms. The monoisotopic (exact) mass is 391 g/mol. The summed E-state index contributed by atoms with van der Waals surface area (Å²) in [6, 6.07) is 2.05. The van der Waals surface area contributed by atoms with Gasteiger partial charge in [-0.3, -0.25) is 4.72 Å². The van der Waals surface area contributed by atoms with Crippen LogP contribution in [0.4, 0.5) is 10.2 Å². The van der Waals surface area contributed by atoms with Gasteiger partial charge in [-0.25, -0.2) is 17.8 Å². The van der Waals surface area contributed by atoms with Crippen LogP contribution < -0.4 is 14.8 Å². The van der Waals surface area contributed by atoms with Crippen LogP contribution >= 0.6 is 22.9 Å². The average molecular weight is 392 g/mol. The number of thiazole rings is 1. The molecule has 1 unspecified atom stereocenters. The lowest BCUT2D eigenvalue weighted by atomic mass is 10.1. The number of hydrogen-bond donors (Lipinski definition) is 2. The van der Waals surface area contributed by atoms with Gasteiger partial charge in [0.15, 0.2) is 5.82 Å². The molecule has 24 heavy (non-hydrogen) atoms. The standard InChI is InChI=1S/C14H15ClFN3O3S2/c1-14(2-3-17-7-14)22-11-5-10(16)12(4-9(11)15)24(20,21)19-13-6-23-8-18-13/h4-6,8,17,19H,2-3,7H2,1H3. The van der Waals surface area contributed by atoms with Crippen molar-refractivity contribution in [2.24, 2.45) is 0 Å². The Bertz CT molecular complexity index is 837. The third-order valence-electron chi connectivity index (χ3n) is 3.63. The van der Waals surface area contributed by atoms with Gasteiger partial charge in [0.2, 0.25) is 0 Å². The highest BCUT2D eigenvalue weighted by atomic mass is 35.5. The third kappa shape index (κ3) is 3.64. The minimum atomic E-state index is -4.13. The van der Waals surface area contributed by atoms with Crippen molar-refractivity contribution in [1.29, 1.82) is 0 Å². The second kappa shape index (κ2) is 6.47. The van der Waals surface area contributed by atoms with Crippen LogP contribution in [0.25, 0.3) is 0 Å². The number of nitrogens with zero attached hydrogens (tertiary/aromatic N) is 1. The molecule has 0 aliphatic carbocycles. The molecule has 0 saturated carbocycles. The molecule has 1 aromatic carbocycles. The average Bonchev–Trinajstić information content (AvgIpc) is 3.14. The fourth-order valence-electron chi connectivity index (χ4n) is 2.40. The van der Waals surface area contributed by atoms with Crippen LogP contribution in [0.2, 0.25) is 5.02 Å². The van der Waals surface area contributed by atoms with Gasteiger partial charge in [0.05, 0.1) is 10.5 Å². The van der Waals surface area contributed by atoms with Gasteiger partial charge < -0.3 is 10.1 Å². The molecular formula is C14H15ClFN3O3S2. The molecule has 3 rings (SSSR count). The quantitative estimate of drug-likeness (QED) is 0.819.